The monoisotopic (exact) mass is 501 g/mol. The molecule has 1 aromatic carbocycles. The van der Waals surface area contributed by atoms with Gasteiger partial charge in [0.15, 0.2) is 5.17 Å². The molecule has 0 aliphatic carbocycles. The van der Waals surface area contributed by atoms with Crippen LogP contribution in [0.2, 0.25) is 0 Å². The first-order valence-electron chi connectivity index (χ1n) is 11.7. The van der Waals surface area contributed by atoms with Crippen LogP contribution in [0.25, 0.3) is 0 Å². The Morgan fingerprint density at radius 1 is 1.26 bits per heavy atom. The van der Waals surface area contributed by atoms with Gasteiger partial charge in [-0.1, -0.05) is 18.7 Å². The molecule has 1 saturated heterocycles. The van der Waals surface area contributed by atoms with Crippen LogP contribution in [0.5, 0.6) is 11.5 Å². The van der Waals surface area contributed by atoms with Gasteiger partial charge in [0.2, 0.25) is 5.91 Å². The maximum absolute atomic E-state index is 13.1. The number of hydrogen-bond acceptors (Lipinski definition) is 9. The summed E-state index contributed by atoms with van der Waals surface area (Å²) < 4.78 is 21.9. The van der Waals surface area contributed by atoms with Crippen LogP contribution in [0.3, 0.4) is 0 Å². The van der Waals surface area contributed by atoms with E-state index in [-0.39, 0.29) is 18.4 Å². The van der Waals surface area contributed by atoms with E-state index in [2.05, 4.69) is 5.32 Å². The third-order valence-electron chi connectivity index (χ3n) is 6.25. The molecular formula is C25H31N3O6S. The predicted molar refractivity (Wildman–Crippen MR) is 133 cm³/mol. The highest BCUT2D eigenvalue weighted by atomic mass is 32.2. The van der Waals surface area contributed by atoms with E-state index in [1.165, 1.54) is 18.9 Å². The van der Waals surface area contributed by atoms with Gasteiger partial charge in [0.05, 0.1) is 51.2 Å². The summed E-state index contributed by atoms with van der Waals surface area (Å²) in [5.74, 6) is 0.625. The first-order chi connectivity index (χ1) is 17.0. The molecular weight excluding hydrogens is 470 g/mol. The minimum Gasteiger partial charge on any atom is -0.497 e. The number of allylic oxidation sites excluding steroid dienone is 1. The molecule has 188 valence electrons. The standard InChI is InChI=1S/C25H31N3O6S/c1-5-19-22(24(30)33-4)23(18-12-16(31-2)8-9-20(18)32-3)28-15(14-35-25(28)27-19)11-21(29)26-13-17-7-6-10-34-17/h8-9,12,14,17,23H,5-7,10-11,13H2,1-4H3,(H,26,29). The second-order valence-electron chi connectivity index (χ2n) is 8.32. The van der Waals surface area contributed by atoms with E-state index >= 15 is 0 Å². The minimum absolute atomic E-state index is 0.0627. The van der Waals surface area contributed by atoms with Gasteiger partial charge in [-0.2, -0.15) is 0 Å². The lowest BCUT2D eigenvalue weighted by Gasteiger charge is -2.37. The number of nitrogens with zero attached hydrogens (tertiary/aromatic N) is 2. The van der Waals surface area contributed by atoms with E-state index in [4.69, 9.17) is 23.9 Å². The molecule has 2 unspecified atom stereocenters. The summed E-state index contributed by atoms with van der Waals surface area (Å²) >= 11 is 1.43. The SMILES string of the molecule is CCC1=C(C(=O)OC)C(c2cc(OC)ccc2OC)N2C(CC(=O)NCC3CCCO3)=CSC2=N1. The van der Waals surface area contributed by atoms with Gasteiger partial charge in [-0.15, -0.1) is 0 Å². The van der Waals surface area contributed by atoms with E-state index < -0.39 is 12.0 Å². The molecule has 0 radical (unpaired) electrons. The normalized spacial score (nSPS) is 21.3. The number of rotatable bonds is 9. The number of thioether (sulfide) groups is 1. The third-order valence-corrected chi connectivity index (χ3v) is 7.14. The Balaban J connectivity index is 1.70. The molecule has 0 saturated carbocycles. The van der Waals surface area contributed by atoms with Crippen LogP contribution < -0.4 is 14.8 Å². The summed E-state index contributed by atoms with van der Waals surface area (Å²) in [5.41, 5.74) is 2.52. The fourth-order valence-electron chi connectivity index (χ4n) is 4.52. The summed E-state index contributed by atoms with van der Waals surface area (Å²) in [6.07, 6.45) is 2.71. The number of ether oxygens (including phenoxy) is 4. The van der Waals surface area contributed by atoms with Crippen molar-refractivity contribution in [3.05, 3.63) is 46.1 Å². The predicted octanol–water partition coefficient (Wildman–Crippen LogP) is 3.53. The number of carbonyl (C=O) groups is 2. The Kier molecular flexibility index (Phi) is 8.02. The molecule has 35 heavy (non-hydrogen) atoms. The summed E-state index contributed by atoms with van der Waals surface area (Å²) in [6, 6.07) is 4.86. The molecule has 3 heterocycles. The number of aliphatic imine (C=N–C) groups is 1. The number of benzene rings is 1. The van der Waals surface area contributed by atoms with Crippen LogP contribution in [0.15, 0.2) is 45.6 Å². The van der Waals surface area contributed by atoms with E-state index in [0.29, 0.717) is 40.9 Å². The number of methoxy groups -OCH3 is 3. The molecule has 1 aromatic rings. The van der Waals surface area contributed by atoms with Crippen LogP contribution >= 0.6 is 11.8 Å². The van der Waals surface area contributed by atoms with Crippen molar-refractivity contribution < 1.29 is 28.5 Å². The number of amides is 1. The fraction of sp³-hybridized carbons (Fsp3) is 0.480. The number of hydrogen-bond donors (Lipinski definition) is 1. The topological polar surface area (TPSA) is 98.7 Å². The first kappa shape index (κ1) is 25.1. The Labute approximate surface area is 209 Å². The fourth-order valence-corrected chi connectivity index (χ4v) is 5.46. The second kappa shape index (κ2) is 11.2. The summed E-state index contributed by atoms with van der Waals surface area (Å²) in [5, 5.41) is 5.59. The zero-order chi connectivity index (χ0) is 24.9. The molecule has 0 spiro atoms. The molecule has 1 fully saturated rings. The molecule has 4 rings (SSSR count). The average molecular weight is 502 g/mol. The van der Waals surface area contributed by atoms with Crippen molar-refractivity contribution in [3.63, 3.8) is 0 Å². The van der Waals surface area contributed by atoms with Gasteiger partial charge in [-0.05, 0) is 42.9 Å². The smallest absolute Gasteiger partial charge is 0.338 e. The average Bonchev–Trinajstić information content (AvgIpc) is 3.55. The van der Waals surface area contributed by atoms with Gasteiger partial charge in [-0.3, -0.25) is 4.79 Å². The van der Waals surface area contributed by atoms with Crippen molar-refractivity contribution in [2.24, 2.45) is 4.99 Å². The van der Waals surface area contributed by atoms with Crippen LogP contribution in [-0.2, 0) is 19.1 Å². The lowest BCUT2D eigenvalue weighted by atomic mass is 9.92. The number of carbonyl (C=O) groups excluding carboxylic acids is 2. The largest absolute Gasteiger partial charge is 0.497 e. The van der Waals surface area contributed by atoms with Gasteiger partial charge in [0, 0.05) is 24.4 Å². The van der Waals surface area contributed by atoms with Crippen molar-refractivity contribution in [1.29, 1.82) is 0 Å². The van der Waals surface area contributed by atoms with E-state index in [0.717, 1.165) is 30.7 Å². The Morgan fingerprint density at radius 3 is 2.74 bits per heavy atom. The number of fused-ring (bicyclic) bond motifs is 1. The summed E-state index contributed by atoms with van der Waals surface area (Å²) in [4.78, 5) is 32.6. The lowest BCUT2D eigenvalue weighted by Crippen LogP contribution is -2.39. The van der Waals surface area contributed by atoms with Crippen molar-refractivity contribution in [3.8, 4) is 11.5 Å². The van der Waals surface area contributed by atoms with E-state index in [1.54, 1.807) is 26.4 Å². The maximum atomic E-state index is 13.1. The Morgan fingerprint density at radius 2 is 2.09 bits per heavy atom. The van der Waals surface area contributed by atoms with Gasteiger partial charge >= 0.3 is 5.97 Å². The number of esters is 1. The van der Waals surface area contributed by atoms with Crippen molar-refractivity contribution in [2.75, 3.05) is 34.5 Å². The van der Waals surface area contributed by atoms with Crippen LogP contribution in [-0.4, -0.2) is 62.5 Å². The highest BCUT2D eigenvalue weighted by molar-refractivity contribution is 8.16. The van der Waals surface area contributed by atoms with Gasteiger partial charge in [0.1, 0.15) is 11.5 Å². The van der Waals surface area contributed by atoms with Crippen molar-refractivity contribution in [1.82, 2.24) is 10.2 Å². The van der Waals surface area contributed by atoms with Crippen LogP contribution in [0.4, 0.5) is 0 Å². The number of amidine groups is 1. The Bertz CT molecular complexity index is 1080. The number of nitrogens with one attached hydrogen (secondary N) is 1. The van der Waals surface area contributed by atoms with E-state index in [9.17, 15) is 9.59 Å². The van der Waals surface area contributed by atoms with Crippen LogP contribution in [0, 0.1) is 0 Å². The summed E-state index contributed by atoms with van der Waals surface area (Å²) in [6.45, 7) is 3.17. The highest BCUT2D eigenvalue weighted by Gasteiger charge is 2.42. The first-order valence-corrected chi connectivity index (χ1v) is 12.5. The van der Waals surface area contributed by atoms with Crippen molar-refractivity contribution in [2.45, 2.75) is 44.8 Å². The molecule has 10 heteroatoms. The van der Waals surface area contributed by atoms with E-state index in [1.807, 2.05) is 23.3 Å². The zero-order valence-corrected chi connectivity index (χ0v) is 21.3. The molecule has 2 atom stereocenters. The molecule has 0 aromatic heterocycles. The highest BCUT2D eigenvalue weighted by Crippen LogP contribution is 2.48. The second-order valence-corrected chi connectivity index (χ2v) is 9.16. The molecule has 1 N–H and O–H groups in total. The minimum atomic E-state index is -0.595. The van der Waals surface area contributed by atoms with Gasteiger partial charge in [-0.25, -0.2) is 9.79 Å². The van der Waals surface area contributed by atoms with Gasteiger partial charge < -0.3 is 29.2 Å². The van der Waals surface area contributed by atoms with Crippen LogP contribution in [0.1, 0.15) is 44.2 Å². The molecule has 3 aliphatic heterocycles. The zero-order valence-electron chi connectivity index (χ0n) is 20.5. The Hall–Kier alpha value is -2.98. The van der Waals surface area contributed by atoms with Crippen molar-refractivity contribution >= 4 is 28.8 Å². The third kappa shape index (κ3) is 5.18. The molecule has 9 nitrogen and oxygen atoms in total. The maximum Gasteiger partial charge on any atom is 0.338 e. The van der Waals surface area contributed by atoms with Gasteiger partial charge in [0.25, 0.3) is 0 Å². The summed E-state index contributed by atoms with van der Waals surface area (Å²) in [7, 11) is 4.53. The lowest BCUT2D eigenvalue weighted by molar-refractivity contribution is -0.136. The quantitative estimate of drug-likeness (QED) is 0.513. The molecule has 0 bridgehead atoms. The molecule has 3 aliphatic rings. The molecule has 1 amide bonds.